The van der Waals surface area contributed by atoms with E-state index in [0.717, 1.165) is 17.1 Å². The van der Waals surface area contributed by atoms with Crippen molar-refractivity contribution in [1.82, 2.24) is 4.90 Å². The number of nitrogens with zero attached hydrogens (tertiary/aromatic N) is 2. The second-order valence-electron chi connectivity index (χ2n) is 3.71. The van der Waals surface area contributed by atoms with Crippen molar-refractivity contribution in [2.75, 3.05) is 17.2 Å². The van der Waals surface area contributed by atoms with Crippen molar-refractivity contribution >= 4 is 34.8 Å². The fourth-order valence-electron chi connectivity index (χ4n) is 1.56. The van der Waals surface area contributed by atoms with Crippen molar-refractivity contribution in [3.8, 4) is 0 Å². The maximum atomic E-state index is 11.3. The van der Waals surface area contributed by atoms with Crippen LogP contribution in [0, 0.1) is 5.21 Å². The molecule has 1 aromatic rings. The van der Waals surface area contributed by atoms with Crippen molar-refractivity contribution in [3.63, 3.8) is 0 Å². The largest absolute Gasteiger partial charge is 0.733 e. The summed E-state index contributed by atoms with van der Waals surface area (Å²) < 4.78 is 0. The Morgan fingerprint density at radius 1 is 1.32 bits per heavy atom. The first-order valence-corrected chi connectivity index (χ1v) is 5.60. The molecule has 2 amide bonds. The Balaban J connectivity index is 2.12. The lowest BCUT2D eigenvalue weighted by atomic mass is 10.2. The van der Waals surface area contributed by atoms with Gasteiger partial charge in [-0.3, -0.25) is 19.7 Å². The zero-order chi connectivity index (χ0) is 14.0. The second kappa shape index (κ2) is 5.27. The molecule has 1 heterocycles. The van der Waals surface area contributed by atoms with Gasteiger partial charge >= 0.3 is 0 Å². The molecule has 0 saturated carbocycles. The molecule has 1 aliphatic heterocycles. The number of benzene rings is 1. The number of imide groups is 1. The highest BCUT2D eigenvalue weighted by atomic mass is 35.5. The fourth-order valence-corrected chi connectivity index (χ4v) is 1.73. The quantitative estimate of drug-likeness (QED) is 0.639. The van der Waals surface area contributed by atoms with Crippen molar-refractivity contribution < 1.29 is 14.8 Å². The van der Waals surface area contributed by atoms with Gasteiger partial charge < -0.3 is 15.8 Å². The number of hydrogen-bond donors (Lipinski definition) is 2. The Bertz CT molecular complexity index is 541. The lowest BCUT2D eigenvalue weighted by Crippen LogP contribution is -2.34. The van der Waals surface area contributed by atoms with Gasteiger partial charge in [0.2, 0.25) is 0 Å². The number of nitrogens with one attached hydrogen (secondary N) is 1. The van der Waals surface area contributed by atoms with Gasteiger partial charge in [-0.05, 0) is 18.2 Å². The molecule has 0 aliphatic carbocycles. The second-order valence-corrected chi connectivity index (χ2v) is 4.14. The van der Waals surface area contributed by atoms with Crippen molar-refractivity contribution in [2.45, 2.75) is 0 Å². The number of rotatable bonds is 4. The molecule has 0 radical (unpaired) electrons. The van der Waals surface area contributed by atoms with Gasteiger partial charge in [0.1, 0.15) is 0 Å². The number of hydrogen-bond acceptors (Lipinski definition) is 6. The molecule has 0 spiro atoms. The molecule has 7 nitrogen and oxygen atoms in total. The summed E-state index contributed by atoms with van der Waals surface area (Å²) in [6, 6.07) is 4.21. The molecule has 0 fully saturated rings. The first-order chi connectivity index (χ1) is 8.99. The summed E-state index contributed by atoms with van der Waals surface area (Å²) >= 11 is 5.70. The molecule has 2 N–H and O–H groups in total. The van der Waals surface area contributed by atoms with E-state index in [-0.39, 0.29) is 28.3 Å². The van der Waals surface area contributed by atoms with E-state index in [9.17, 15) is 14.8 Å². The molecular weight excluding hydrogens is 274 g/mol. The van der Waals surface area contributed by atoms with E-state index in [1.54, 1.807) is 0 Å². The van der Waals surface area contributed by atoms with E-state index in [0.29, 0.717) is 0 Å². The molecule has 0 saturated heterocycles. The summed E-state index contributed by atoms with van der Waals surface area (Å²) in [5, 5.41) is 22.5. The van der Waals surface area contributed by atoms with Crippen LogP contribution in [0.2, 0.25) is 5.02 Å². The van der Waals surface area contributed by atoms with Crippen LogP contribution in [0.4, 0.5) is 11.4 Å². The van der Waals surface area contributed by atoms with Crippen LogP contribution in [0.25, 0.3) is 0 Å². The minimum atomic E-state index is -0.448. The summed E-state index contributed by atoms with van der Waals surface area (Å²) in [5.41, 5.74) is 0.133. The van der Waals surface area contributed by atoms with Gasteiger partial charge in [0, 0.05) is 17.2 Å². The standard InChI is InChI=1S/C11H9ClN3O4/c12-7-1-2-8(9(5-7)15(18)19)13-6-14-10(16)3-4-11(14)17/h1-5,13,18H,6H2/q-1. The Kier molecular flexibility index (Phi) is 3.70. The van der Waals surface area contributed by atoms with Crippen LogP contribution >= 0.6 is 11.6 Å². The maximum Gasteiger partial charge on any atom is 0.255 e. The van der Waals surface area contributed by atoms with Gasteiger partial charge in [-0.15, -0.1) is 0 Å². The topological polar surface area (TPSA) is 95.9 Å². The summed E-state index contributed by atoms with van der Waals surface area (Å²) in [5.74, 6) is -0.896. The van der Waals surface area contributed by atoms with Gasteiger partial charge in [-0.25, -0.2) is 0 Å². The zero-order valence-corrected chi connectivity index (χ0v) is 10.3. The minimum Gasteiger partial charge on any atom is -0.733 e. The first kappa shape index (κ1) is 13.3. The average molecular weight is 283 g/mol. The van der Waals surface area contributed by atoms with Crippen LogP contribution < -0.4 is 10.5 Å². The number of carbonyl (C=O) groups is 2. The molecular formula is C11H9ClN3O4-. The van der Waals surface area contributed by atoms with Gasteiger partial charge in [0.15, 0.2) is 0 Å². The predicted molar refractivity (Wildman–Crippen MR) is 68.6 cm³/mol. The molecule has 0 atom stereocenters. The third-order valence-electron chi connectivity index (χ3n) is 2.49. The molecule has 2 rings (SSSR count). The van der Waals surface area contributed by atoms with Gasteiger partial charge in [-0.1, -0.05) is 11.6 Å². The Hall–Kier alpha value is -2.09. The fraction of sp³-hybridized carbons (Fsp3) is 0.0909. The lowest BCUT2D eigenvalue weighted by molar-refractivity contribution is -0.136. The van der Waals surface area contributed by atoms with Crippen LogP contribution in [0.3, 0.4) is 0 Å². The zero-order valence-electron chi connectivity index (χ0n) is 9.54. The third kappa shape index (κ3) is 2.84. The van der Waals surface area contributed by atoms with E-state index in [1.807, 2.05) is 0 Å². The predicted octanol–water partition coefficient (Wildman–Crippen LogP) is 1.33. The first-order valence-electron chi connectivity index (χ1n) is 5.22. The molecule has 100 valence electrons. The van der Waals surface area contributed by atoms with Crippen LogP contribution in [0.5, 0.6) is 0 Å². The Morgan fingerprint density at radius 2 is 1.95 bits per heavy atom. The van der Waals surface area contributed by atoms with Gasteiger partial charge in [-0.2, -0.15) is 0 Å². The monoisotopic (exact) mass is 282 g/mol. The van der Waals surface area contributed by atoms with Crippen molar-refractivity contribution in [2.24, 2.45) is 0 Å². The van der Waals surface area contributed by atoms with Gasteiger partial charge in [0.05, 0.1) is 18.0 Å². The number of carbonyl (C=O) groups excluding carboxylic acids is 2. The molecule has 0 bridgehead atoms. The molecule has 19 heavy (non-hydrogen) atoms. The van der Waals surface area contributed by atoms with Crippen LogP contribution in [0.15, 0.2) is 30.4 Å². The SMILES string of the molecule is O=C1C=CC(=O)N1CNc1ccc(Cl)cc1N([O-])O. The number of amides is 2. The average Bonchev–Trinajstić information content (AvgIpc) is 2.68. The molecule has 1 aliphatic rings. The van der Waals surface area contributed by atoms with E-state index < -0.39 is 11.8 Å². The van der Waals surface area contributed by atoms with Gasteiger partial charge in [0.25, 0.3) is 11.8 Å². The molecule has 1 aromatic carbocycles. The number of halogens is 1. The Morgan fingerprint density at radius 3 is 2.53 bits per heavy atom. The lowest BCUT2D eigenvalue weighted by Gasteiger charge is -2.26. The summed E-state index contributed by atoms with van der Waals surface area (Å²) in [4.78, 5) is 23.6. The van der Waals surface area contributed by atoms with Crippen molar-refractivity contribution in [1.29, 1.82) is 0 Å². The normalized spacial score (nSPS) is 14.2. The highest BCUT2D eigenvalue weighted by Gasteiger charge is 2.22. The van der Waals surface area contributed by atoms with E-state index >= 15 is 0 Å². The van der Waals surface area contributed by atoms with E-state index in [1.165, 1.54) is 18.2 Å². The highest BCUT2D eigenvalue weighted by molar-refractivity contribution is 6.31. The van der Waals surface area contributed by atoms with Crippen molar-refractivity contribution in [3.05, 3.63) is 40.6 Å². The minimum absolute atomic E-state index is 0.112. The van der Waals surface area contributed by atoms with E-state index in [4.69, 9.17) is 16.8 Å². The Labute approximate surface area is 113 Å². The van der Waals surface area contributed by atoms with Crippen LogP contribution in [-0.4, -0.2) is 28.6 Å². The third-order valence-corrected chi connectivity index (χ3v) is 2.73. The smallest absolute Gasteiger partial charge is 0.255 e. The highest BCUT2D eigenvalue weighted by Crippen LogP contribution is 2.28. The summed E-state index contributed by atoms with van der Waals surface area (Å²) in [7, 11) is 0. The van der Waals surface area contributed by atoms with Crippen LogP contribution in [-0.2, 0) is 9.59 Å². The summed E-state index contributed by atoms with van der Waals surface area (Å²) in [6.07, 6.45) is 2.30. The van der Waals surface area contributed by atoms with E-state index in [2.05, 4.69) is 5.32 Å². The molecule has 8 heteroatoms. The molecule has 0 unspecified atom stereocenters. The molecule has 0 aromatic heterocycles. The van der Waals surface area contributed by atoms with Crippen LogP contribution in [0.1, 0.15) is 0 Å². The number of anilines is 2. The summed E-state index contributed by atoms with van der Waals surface area (Å²) in [6.45, 7) is -0.118. The maximum absolute atomic E-state index is 11.3.